The van der Waals surface area contributed by atoms with Crippen LogP contribution in [-0.4, -0.2) is 13.1 Å². The first kappa shape index (κ1) is 10.8. The average molecular weight is 215 g/mol. The first-order chi connectivity index (χ1) is 7.72. The van der Waals surface area contributed by atoms with Crippen molar-refractivity contribution in [2.45, 2.75) is 31.7 Å². The maximum Gasteiger partial charge on any atom is 0.101 e. The third-order valence-corrected chi connectivity index (χ3v) is 3.44. The van der Waals surface area contributed by atoms with Crippen molar-refractivity contribution in [1.82, 2.24) is 0 Å². The minimum absolute atomic E-state index is 0.561. The predicted molar refractivity (Wildman–Crippen MR) is 66.2 cm³/mol. The molecule has 1 aliphatic rings. The Labute approximate surface area is 96.5 Å². The Morgan fingerprint density at radius 3 is 2.69 bits per heavy atom. The first-order valence-corrected chi connectivity index (χ1v) is 5.75. The average Bonchev–Trinajstić information content (AvgIpc) is 2.82. The van der Waals surface area contributed by atoms with Crippen molar-refractivity contribution in [3.05, 3.63) is 23.8 Å². The highest BCUT2D eigenvalue weighted by Gasteiger charge is 2.20. The van der Waals surface area contributed by atoms with Gasteiger partial charge in [0.15, 0.2) is 0 Å². The molecule has 0 bridgehead atoms. The van der Waals surface area contributed by atoms with Crippen molar-refractivity contribution in [1.29, 1.82) is 5.26 Å². The Hall–Kier alpha value is -1.69. The molecule has 2 rings (SSSR count). The smallest absolute Gasteiger partial charge is 0.101 e. The lowest BCUT2D eigenvalue weighted by Crippen LogP contribution is -2.28. The molecule has 0 radical (unpaired) electrons. The molecule has 0 amide bonds. The van der Waals surface area contributed by atoms with E-state index in [0.717, 1.165) is 5.69 Å². The van der Waals surface area contributed by atoms with Crippen LogP contribution in [0.1, 0.15) is 31.2 Å². The Morgan fingerprint density at radius 1 is 1.38 bits per heavy atom. The quantitative estimate of drug-likeness (QED) is 0.771. The highest BCUT2D eigenvalue weighted by molar-refractivity contribution is 5.62. The van der Waals surface area contributed by atoms with Gasteiger partial charge in [0.2, 0.25) is 0 Å². The number of nitrogens with two attached hydrogens (primary N) is 1. The molecule has 2 N–H and O–H groups in total. The number of rotatable bonds is 2. The Bertz CT molecular complexity index is 414. The van der Waals surface area contributed by atoms with Crippen LogP contribution in [0.25, 0.3) is 0 Å². The molecule has 1 saturated carbocycles. The van der Waals surface area contributed by atoms with Gasteiger partial charge in [0.25, 0.3) is 0 Å². The van der Waals surface area contributed by atoms with E-state index in [4.69, 9.17) is 11.0 Å². The van der Waals surface area contributed by atoms with E-state index in [9.17, 15) is 0 Å². The summed E-state index contributed by atoms with van der Waals surface area (Å²) in [6.45, 7) is 0. The van der Waals surface area contributed by atoms with Gasteiger partial charge in [-0.05, 0) is 31.0 Å². The summed E-state index contributed by atoms with van der Waals surface area (Å²) in [4.78, 5) is 2.27. The second-order valence-electron chi connectivity index (χ2n) is 4.43. The number of benzene rings is 1. The van der Waals surface area contributed by atoms with E-state index in [-0.39, 0.29) is 0 Å². The van der Waals surface area contributed by atoms with Crippen molar-refractivity contribution in [2.24, 2.45) is 0 Å². The van der Waals surface area contributed by atoms with Crippen LogP contribution in [0.15, 0.2) is 18.2 Å². The van der Waals surface area contributed by atoms with E-state index in [1.807, 2.05) is 18.2 Å². The van der Waals surface area contributed by atoms with Gasteiger partial charge in [0, 0.05) is 24.5 Å². The summed E-state index contributed by atoms with van der Waals surface area (Å²) in [7, 11) is 2.10. The molecule has 0 atom stereocenters. The van der Waals surface area contributed by atoms with Gasteiger partial charge in [-0.2, -0.15) is 5.26 Å². The summed E-state index contributed by atoms with van der Waals surface area (Å²) in [5, 5.41) is 8.94. The van der Waals surface area contributed by atoms with Gasteiger partial charge in [-0.1, -0.05) is 12.8 Å². The number of anilines is 2. The molecule has 16 heavy (non-hydrogen) atoms. The zero-order valence-corrected chi connectivity index (χ0v) is 9.61. The molecule has 1 fully saturated rings. The number of nitrogen functional groups attached to an aromatic ring is 1. The van der Waals surface area contributed by atoms with Crippen molar-refractivity contribution in [2.75, 3.05) is 17.7 Å². The highest BCUT2D eigenvalue weighted by atomic mass is 15.1. The van der Waals surface area contributed by atoms with E-state index >= 15 is 0 Å². The molecule has 0 saturated heterocycles. The van der Waals surface area contributed by atoms with E-state index < -0.39 is 0 Å². The normalized spacial score (nSPS) is 16.0. The molecule has 0 aliphatic heterocycles. The Balaban J connectivity index is 2.23. The van der Waals surface area contributed by atoms with Gasteiger partial charge in [0.05, 0.1) is 5.56 Å². The molecule has 0 spiro atoms. The zero-order valence-electron chi connectivity index (χ0n) is 9.61. The third kappa shape index (κ3) is 1.96. The van der Waals surface area contributed by atoms with Gasteiger partial charge < -0.3 is 10.6 Å². The highest BCUT2D eigenvalue weighted by Crippen LogP contribution is 2.28. The molecule has 3 heteroatoms. The van der Waals surface area contributed by atoms with Crippen LogP contribution in [0.5, 0.6) is 0 Å². The molecular weight excluding hydrogens is 198 g/mol. The van der Waals surface area contributed by atoms with Crippen LogP contribution in [0.2, 0.25) is 0 Å². The summed E-state index contributed by atoms with van der Waals surface area (Å²) in [6, 6.07) is 8.45. The summed E-state index contributed by atoms with van der Waals surface area (Å²) in [5.74, 6) is 0. The predicted octanol–water partition coefficient (Wildman–Crippen LogP) is 2.52. The number of nitrogens with zero attached hydrogens (tertiary/aromatic N) is 2. The van der Waals surface area contributed by atoms with Crippen molar-refractivity contribution < 1.29 is 0 Å². The van der Waals surface area contributed by atoms with E-state index in [0.29, 0.717) is 17.3 Å². The van der Waals surface area contributed by atoms with Crippen LogP contribution in [0.4, 0.5) is 11.4 Å². The van der Waals surface area contributed by atoms with Gasteiger partial charge in [0.1, 0.15) is 6.07 Å². The van der Waals surface area contributed by atoms with Gasteiger partial charge in [-0.3, -0.25) is 0 Å². The Kier molecular flexibility index (Phi) is 3.00. The van der Waals surface area contributed by atoms with Crippen LogP contribution < -0.4 is 10.6 Å². The molecule has 3 nitrogen and oxygen atoms in total. The largest absolute Gasteiger partial charge is 0.398 e. The monoisotopic (exact) mass is 215 g/mol. The summed E-state index contributed by atoms with van der Waals surface area (Å²) >= 11 is 0. The van der Waals surface area contributed by atoms with E-state index in [1.165, 1.54) is 25.7 Å². The SMILES string of the molecule is CN(c1ccc(N)c(C#N)c1)C1CCCC1. The Morgan fingerprint density at radius 2 is 2.06 bits per heavy atom. The molecule has 1 aromatic carbocycles. The van der Waals surface area contributed by atoms with Crippen LogP contribution >= 0.6 is 0 Å². The van der Waals surface area contributed by atoms with Crippen LogP contribution in [0, 0.1) is 11.3 Å². The lowest BCUT2D eigenvalue weighted by molar-refractivity contribution is 0.653. The minimum Gasteiger partial charge on any atom is -0.398 e. The third-order valence-electron chi connectivity index (χ3n) is 3.44. The van der Waals surface area contributed by atoms with Crippen molar-refractivity contribution in [3.63, 3.8) is 0 Å². The lowest BCUT2D eigenvalue weighted by Gasteiger charge is -2.26. The number of nitriles is 1. The van der Waals surface area contributed by atoms with Crippen molar-refractivity contribution >= 4 is 11.4 Å². The summed E-state index contributed by atoms with van der Waals surface area (Å²) in [5.41, 5.74) is 7.94. The van der Waals surface area contributed by atoms with Crippen molar-refractivity contribution in [3.8, 4) is 6.07 Å². The van der Waals surface area contributed by atoms with E-state index in [2.05, 4.69) is 18.0 Å². The number of hydrogen-bond acceptors (Lipinski definition) is 3. The molecular formula is C13H17N3. The second-order valence-corrected chi connectivity index (χ2v) is 4.43. The van der Waals surface area contributed by atoms with Crippen LogP contribution in [-0.2, 0) is 0 Å². The molecule has 1 aromatic rings. The van der Waals surface area contributed by atoms with E-state index in [1.54, 1.807) is 0 Å². The second kappa shape index (κ2) is 4.44. The maximum absolute atomic E-state index is 8.94. The van der Waals surface area contributed by atoms with Gasteiger partial charge in [-0.15, -0.1) is 0 Å². The molecule has 0 unspecified atom stereocenters. The molecule has 0 aromatic heterocycles. The fraction of sp³-hybridized carbons (Fsp3) is 0.462. The summed E-state index contributed by atoms with van der Waals surface area (Å²) < 4.78 is 0. The lowest BCUT2D eigenvalue weighted by atomic mass is 10.1. The molecule has 1 aliphatic carbocycles. The zero-order chi connectivity index (χ0) is 11.5. The molecule has 84 valence electrons. The first-order valence-electron chi connectivity index (χ1n) is 5.75. The molecule has 0 heterocycles. The van der Waals surface area contributed by atoms with Crippen LogP contribution in [0.3, 0.4) is 0 Å². The van der Waals surface area contributed by atoms with Gasteiger partial charge >= 0.3 is 0 Å². The standard InChI is InChI=1S/C13H17N3/c1-16(11-4-2-3-5-11)12-6-7-13(15)10(8-12)9-14/h6-8,11H,2-5,15H2,1H3. The minimum atomic E-state index is 0.561. The van der Waals surface area contributed by atoms with Gasteiger partial charge in [-0.25, -0.2) is 0 Å². The fourth-order valence-corrected chi connectivity index (χ4v) is 2.36. The number of hydrogen-bond donors (Lipinski definition) is 1. The topological polar surface area (TPSA) is 53.0 Å². The summed E-state index contributed by atoms with van der Waals surface area (Å²) in [6.07, 6.45) is 5.13. The maximum atomic E-state index is 8.94. The fourth-order valence-electron chi connectivity index (χ4n) is 2.36.